The Morgan fingerprint density at radius 2 is 1.84 bits per heavy atom. The third-order valence-electron chi connectivity index (χ3n) is 4.54. The van der Waals surface area contributed by atoms with Gasteiger partial charge >= 0.3 is 0 Å². The number of nitrogens with one attached hydrogen (secondary N) is 2. The van der Waals surface area contributed by atoms with Gasteiger partial charge in [0, 0.05) is 24.8 Å². The van der Waals surface area contributed by atoms with Crippen molar-refractivity contribution >= 4 is 29.1 Å². The zero-order valence-electron chi connectivity index (χ0n) is 14.3. The minimum absolute atomic E-state index is 0.00943. The van der Waals surface area contributed by atoms with Crippen LogP contribution in [0, 0.1) is 0 Å². The number of carbonyl (C=O) groups excluding carboxylic acids is 3. The molecule has 2 saturated heterocycles. The Balaban J connectivity index is 1.53. The molecule has 7 heteroatoms. The summed E-state index contributed by atoms with van der Waals surface area (Å²) in [6, 6.07) is 6.98. The fraction of sp³-hybridized carbons (Fsp3) is 0.500. The van der Waals surface area contributed by atoms with Crippen LogP contribution in [0.25, 0.3) is 0 Å². The number of hydrogen-bond acceptors (Lipinski definition) is 4. The van der Waals surface area contributed by atoms with Crippen LogP contribution in [0.3, 0.4) is 0 Å². The van der Waals surface area contributed by atoms with Crippen molar-refractivity contribution in [1.29, 1.82) is 0 Å². The molecule has 3 amide bonds. The minimum Gasteiger partial charge on any atom is -0.366 e. The molecule has 0 aromatic heterocycles. The molecule has 1 aromatic carbocycles. The Kier molecular flexibility index (Phi) is 5.33. The number of morpholine rings is 1. The number of amides is 3. The van der Waals surface area contributed by atoms with Crippen molar-refractivity contribution in [2.75, 3.05) is 23.8 Å². The highest BCUT2D eigenvalue weighted by Crippen LogP contribution is 2.24. The number of fused-ring (bicyclic) bond motifs is 1. The van der Waals surface area contributed by atoms with Gasteiger partial charge in [-0.1, -0.05) is 0 Å². The van der Waals surface area contributed by atoms with Crippen molar-refractivity contribution in [3.8, 4) is 0 Å². The van der Waals surface area contributed by atoms with Crippen LogP contribution >= 0.6 is 0 Å². The van der Waals surface area contributed by atoms with E-state index in [4.69, 9.17) is 4.74 Å². The van der Waals surface area contributed by atoms with E-state index in [1.54, 1.807) is 24.3 Å². The van der Waals surface area contributed by atoms with Gasteiger partial charge in [-0.05, 0) is 43.5 Å². The van der Waals surface area contributed by atoms with Gasteiger partial charge in [-0.3, -0.25) is 14.4 Å². The fourth-order valence-electron chi connectivity index (χ4n) is 3.31. The molecule has 0 radical (unpaired) electrons. The lowest BCUT2D eigenvalue weighted by atomic mass is 9.99. The van der Waals surface area contributed by atoms with Crippen molar-refractivity contribution in [3.63, 3.8) is 0 Å². The molecule has 134 valence electrons. The van der Waals surface area contributed by atoms with E-state index in [1.165, 1.54) is 6.92 Å². The summed E-state index contributed by atoms with van der Waals surface area (Å²) in [7, 11) is 0. The van der Waals surface area contributed by atoms with Crippen molar-refractivity contribution in [2.24, 2.45) is 0 Å². The van der Waals surface area contributed by atoms with Crippen molar-refractivity contribution in [3.05, 3.63) is 24.3 Å². The molecular weight excluding hydrogens is 322 g/mol. The molecule has 0 bridgehead atoms. The highest BCUT2D eigenvalue weighted by atomic mass is 16.5. The summed E-state index contributed by atoms with van der Waals surface area (Å²) in [5.41, 5.74) is 1.27. The SMILES string of the molecule is CC(=O)Nc1ccc(NC(=O)C[C@H]2OC[C@@H]3CCCCN3C2=O)cc1. The zero-order valence-corrected chi connectivity index (χ0v) is 14.3. The highest BCUT2D eigenvalue weighted by Gasteiger charge is 2.38. The van der Waals surface area contributed by atoms with Crippen LogP contribution in [0.4, 0.5) is 11.4 Å². The van der Waals surface area contributed by atoms with Crippen LogP contribution in [0.2, 0.25) is 0 Å². The lowest BCUT2D eigenvalue weighted by Gasteiger charge is -2.41. The summed E-state index contributed by atoms with van der Waals surface area (Å²) in [4.78, 5) is 37.6. The standard InChI is InChI=1S/C18H23N3O4/c1-12(22)19-13-5-7-14(8-6-13)20-17(23)10-16-18(24)21-9-3-2-4-15(21)11-25-16/h5-8,15-16H,2-4,9-11H2,1H3,(H,19,22)(H,20,23)/t15-,16+/m0/s1. The van der Waals surface area contributed by atoms with Gasteiger partial charge in [0.25, 0.3) is 5.91 Å². The van der Waals surface area contributed by atoms with E-state index in [0.717, 1.165) is 25.8 Å². The predicted octanol–water partition coefficient (Wildman–Crippen LogP) is 1.75. The number of hydrogen-bond donors (Lipinski definition) is 2. The number of anilines is 2. The Morgan fingerprint density at radius 1 is 1.16 bits per heavy atom. The van der Waals surface area contributed by atoms with Gasteiger partial charge in [0.1, 0.15) is 6.10 Å². The van der Waals surface area contributed by atoms with Crippen LogP contribution < -0.4 is 10.6 Å². The van der Waals surface area contributed by atoms with E-state index in [9.17, 15) is 14.4 Å². The predicted molar refractivity (Wildman–Crippen MR) is 93.1 cm³/mol. The van der Waals surface area contributed by atoms with Gasteiger partial charge in [-0.15, -0.1) is 0 Å². The van der Waals surface area contributed by atoms with Crippen molar-refractivity contribution in [1.82, 2.24) is 4.90 Å². The molecule has 7 nitrogen and oxygen atoms in total. The van der Waals surface area contributed by atoms with Crippen LogP contribution in [0.5, 0.6) is 0 Å². The smallest absolute Gasteiger partial charge is 0.252 e. The molecule has 0 unspecified atom stereocenters. The Morgan fingerprint density at radius 3 is 2.52 bits per heavy atom. The number of rotatable bonds is 4. The zero-order chi connectivity index (χ0) is 17.8. The van der Waals surface area contributed by atoms with E-state index in [-0.39, 0.29) is 30.2 Å². The highest BCUT2D eigenvalue weighted by molar-refractivity contribution is 5.95. The second-order valence-electron chi connectivity index (χ2n) is 6.51. The average Bonchev–Trinajstić information content (AvgIpc) is 2.59. The lowest BCUT2D eigenvalue weighted by molar-refractivity contribution is -0.163. The maximum Gasteiger partial charge on any atom is 0.252 e. The first-order valence-corrected chi connectivity index (χ1v) is 8.62. The summed E-state index contributed by atoms with van der Waals surface area (Å²) < 4.78 is 5.63. The van der Waals surface area contributed by atoms with Crippen molar-refractivity contribution < 1.29 is 19.1 Å². The average molecular weight is 345 g/mol. The molecule has 0 spiro atoms. The maximum absolute atomic E-state index is 12.5. The Bertz CT molecular complexity index is 659. The summed E-state index contributed by atoms with van der Waals surface area (Å²) in [6.07, 6.45) is 2.42. The molecule has 0 aliphatic carbocycles. The number of piperidine rings is 1. The normalized spacial score (nSPS) is 22.9. The van der Waals surface area contributed by atoms with Gasteiger partial charge in [0.05, 0.1) is 19.1 Å². The summed E-state index contributed by atoms with van der Waals surface area (Å²) in [5, 5.41) is 5.42. The molecule has 3 rings (SSSR count). The van der Waals surface area contributed by atoms with Crippen molar-refractivity contribution in [2.45, 2.75) is 44.8 Å². The van der Waals surface area contributed by atoms with E-state index < -0.39 is 6.10 Å². The molecular formula is C18H23N3O4. The number of benzene rings is 1. The van der Waals surface area contributed by atoms with Gasteiger partial charge < -0.3 is 20.3 Å². The summed E-state index contributed by atoms with van der Waals surface area (Å²) in [6.45, 7) is 2.70. The molecule has 1 aromatic rings. The van der Waals surface area contributed by atoms with E-state index in [1.807, 2.05) is 4.90 Å². The molecule has 2 heterocycles. The van der Waals surface area contributed by atoms with E-state index in [0.29, 0.717) is 18.0 Å². The fourth-order valence-corrected chi connectivity index (χ4v) is 3.31. The summed E-state index contributed by atoms with van der Waals surface area (Å²) >= 11 is 0. The first-order chi connectivity index (χ1) is 12.0. The van der Waals surface area contributed by atoms with Crippen LogP contribution in [-0.4, -0.2) is 47.9 Å². The molecule has 0 saturated carbocycles. The molecule has 2 aliphatic heterocycles. The number of ether oxygens (including phenoxy) is 1. The lowest BCUT2D eigenvalue weighted by Crippen LogP contribution is -2.56. The van der Waals surface area contributed by atoms with E-state index in [2.05, 4.69) is 10.6 Å². The monoisotopic (exact) mass is 345 g/mol. The molecule has 2 aliphatic rings. The van der Waals surface area contributed by atoms with Gasteiger partial charge in [0.2, 0.25) is 11.8 Å². The Labute approximate surface area is 146 Å². The summed E-state index contributed by atoms with van der Waals surface area (Å²) in [5.74, 6) is -0.492. The third-order valence-corrected chi connectivity index (χ3v) is 4.54. The van der Waals surface area contributed by atoms with Crippen LogP contribution in [-0.2, 0) is 19.1 Å². The second kappa shape index (κ2) is 7.65. The maximum atomic E-state index is 12.5. The van der Waals surface area contributed by atoms with Crippen LogP contribution in [0.15, 0.2) is 24.3 Å². The van der Waals surface area contributed by atoms with E-state index >= 15 is 0 Å². The van der Waals surface area contributed by atoms with Gasteiger partial charge in [-0.25, -0.2) is 0 Å². The molecule has 25 heavy (non-hydrogen) atoms. The molecule has 2 atom stereocenters. The van der Waals surface area contributed by atoms with Gasteiger partial charge in [-0.2, -0.15) is 0 Å². The first kappa shape index (κ1) is 17.4. The first-order valence-electron chi connectivity index (χ1n) is 8.62. The molecule has 2 N–H and O–H groups in total. The molecule has 2 fully saturated rings. The quantitative estimate of drug-likeness (QED) is 0.870. The van der Waals surface area contributed by atoms with Crippen LogP contribution in [0.1, 0.15) is 32.6 Å². The van der Waals surface area contributed by atoms with Gasteiger partial charge in [0.15, 0.2) is 0 Å². The number of nitrogens with zero attached hydrogens (tertiary/aromatic N) is 1. The number of carbonyl (C=O) groups is 3. The topological polar surface area (TPSA) is 87.7 Å². The largest absolute Gasteiger partial charge is 0.366 e. The third kappa shape index (κ3) is 4.36. The minimum atomic E-state index is -0.701. The Hall–Kier alpha value is -2.41. The second-order valence-corrected chi connectivity index (χ2v) is 6.51.